The lowest BCUT2D eigenvalue weighted by Gasteiger charge is -2.61. The summed E-state index contributed by atoms with van der Waals surface area (Å²) in [4.78, 5) is 27.3. The Morgan fingerprint density at radius 2 is 1.79 bits per heavy atom. The van der Waals surface area contributed by atoms with Gasteiger partial charge in [-0.25, -0.2) is 0 Å². The van der Waals surface area contributed by atoms with Gasteiger partial charge >= 0.3 is 0 Å². The number of carbonyl (C=O) groups is 2. The molecule has 4 aliphatic rings. The van der Waals surface area contributed by atoms with Crippen molar-refractivity contribution >= 4 is 23.6 Å². The van der Waals surface area contributed by atoms with Gasteiger partial charge < -0.3 is 10.2 Å². The van der Waals surface area contributed by atoms with Gasteiger partial charge in [-0.15, -0.1) is 11.8 Å². The van der Waals surface area contributed by atoms with E-state index in [-0.39, 0.29) is 16.7 Å². The van der Waals surface area contributed by atoms with E-state index >= 15 is 0 Å². The fourth-order valence-electron chi connectivity index (χ4n) is 8.46. The van der Waals surface area contributed by atoms with E-state index in [2.05, 4.69) is 48.3 Å². The van der Waals surface area contributed by atoms with Crippen LogP contribution in [-0.4, -0.2) is 41.6 Å². The largest absolute Gasteiger partial charge is 0.352 e. The predicted molar refractivity (Wildman–Crippen MR) is 135 cm³/mol. The van der Waals surface area contributed by atoms with Crippen LogP contribution in [0.5, 0.6) is 0 Å². The second-order valence-electron chi connectivity index (χ2n) is 11.7. The van der Waals surface area contributed by atoms with Crippen LogP contribution in [0.15, 0.2) is 30.3 Å². The van der Waals surface area contributed by atoms with Gasteiger partial charge in [0.2, 0.25) is 11.8 Å². The molecule has 33 heavy (non-hydrogen) atoms. The van der Waals surface area contributed by atoms with E-state index in [0.29, 0.717) is 36.1 Å². The van der Waals surface area contributed by atoms with Gasteiger partial charge in [0.25, 0.3) is 0 Å². The number of piperidine rings is 1. The first-order valence-electron chi connectivity index (χ1n) is 13.0. The molecule has 1 aliphatic heterocycles. The molecule has 4 nitrogen and oxygen atoms in total. The predicted octanol–water partition coefficient (Wildman–Crippen LogP) is 5.27. The Morgan fingerprint density at radius 3 is 2.58 bits per heavy atom. The minimum atomic E-state index is 0.202. The molecule has 1 heterocycles. The number of amides is 2. The number of hydrogen-bond acceptors (Lipinski definition) is 3. The third-order valence-electron chi connectivity index (χ3n) is 10.2. The molecule has 0 spiro atoms. The highest BCUT2D eigenvalue weighted by Crippen LogP contribution is 2.64. The van der Waals surface area contributed by atoms with Crippen molar-refractivity contribution < 1.29 is 9.59 Å². The number of fused-ring (bicyclic) bond motifs is 5. The zero-order valence-corrected chi connectivity index (χ0v) is 21.3. The third kappa shape index (κ3) is 4.02. The molecule has 0 aromatic heterocycles. The first-order valence-corrected chi connectivity index (χ1v) is 14.1. The molecule has 5 rings (SSSR count). The molecule has 5 heteroatoms. The van der Waals surface area contributed by atoms with Crippen LogP contribution in [-0.2, 0) is 15.3 Å². The van der Waals surface area contributed by atoms with Crippen molar-refractivity contribution in [1.82, 2.24) is 10.2 Å². The average molecular weight is 469 g/mol. The van der Waals surface area contributed by atoms with E-state index in [9.17, 15) is 9.59 Å². The minimum Gasteiger partial charge on any atom is -0.352 e. The quantitative estimate of drug-likeness (QED) is 0.641. The summed E-state index contributed by atoms with van der Waals surface area (Å²) in [6, 6.07) is 11.1. The third-order valence-corrected chi connectivity index (χ3v) is 11.2. The van der Waals surface area contributed by atoms with Crippen molar-refractivity contribution in [1.29, 1.82) is 0 Å². The summed E-state index contributed by atoms with van der Waals surface area (Å²) >= 11 is 1.71. The smallest absolute Gasteiger partial charge is 0.230 e. The minimum absolute atomic E-state index is 0.202. The van der Waals surface area contributed by atoms with Crippen molar-refractivity contribution in [3.8, 4) is 0 Å². The molecule has 4 fully saturated rings. The summed E-state index contributed by atoms with van der Waals surface area (Å²) < 4.78 is 0. The van der Waals surface area contributed by atoms with E-state index in [0.717, 1.165) is 36.9 Å². The number of hydrogen-bond donors (Lipinski definition) is 1. The van der Waals surface area contributed by atoms with Crippen LogP contribution < -0.4 is 5.32 Å². The lowest BCUT2D eigenvalue weighted by atomic mass is 9.47. The standard InChI is InChI=1S/C28H40N2O2S/c1-27-15-13-22-20(9-12-24-28(22,2)16-14-26(32)30(24)3)21(27)10-11-23(27)29-25(31)18-33-17-19-7-5-4-6-8-19/h4-8,20-24H,9-18H2,1-3H3,(H,29,31)/t20-,21-,22+,23?,24?,27-,28+/m0/s1. The Labute approximate surface area is 203 Å². The molecular formula is C28H40N2O2S. The SMILES string of the molecule is CN1C(=O)CC[C@@]2(C)C1CC[C@@H]1[C@H]2CC[C@]2(C)C(NC(=O)CSCc3ccccc3)CC[C@@H]12. The van der Waals surface area contributed by atoms with Gasteiger partial charge in [0.1, 0.15) is 0 Å². The number of rotatable bonds is 5. The maximum Gasteiger partial charge on any atom is 0.230 e. The first kappa shape index (κ1) is 23.3. The van der Waals surface area contributed by atoms with Crippen LogP contribution in [0.2, 0.25) is 0 Å². The molecule has 1 saturated heterocycles. The zero-order chi connectivity index (χ0) is 23.2. The highest BCUT2D eigenvalue weighted by Gasteiger charge is 2.61. The van der Waals surface area contributed by atoms with Crippen molar-refractivity contribution in [2.24, 2.45) is 28.6 Å². The van der Waals surface area contributed by atoms with Crippen LogP contribution in [0.4, 0.5) is 0 Å². The maximum atomic E-state index is 12.8. The number of thioether (sulfide) groups is 1. The van der Waals surface area contributed by atoms with Crippen LogP contribution in [0, 0.1) is 28.6 Å². The van der Waals surface area contributed by atoms with E-state index in [4.69, 9.17) is 0 Å². The number of carbonyl (C=O) groups excluding carboxylic acids is 2. The Hall–Kier alpha value is -1.49. The zero-order valence-electron chi connectivity index (χ0n) is 20.5. The Bertz CT molecular complexity index is 891. The normalized spacial score (nSPS) is 40.0. The molecule has 1 aromatic carbocycles. The van der Waals surface area contributed by atoms with E-state index in [1.165, 1.54) is 31.2 Å². The maximum absolute atomic E-state index is 12.8. The van der Waals surface area contributed by atoms with Crippen LogP contribution in [0.25, 0.3) is 0 Å². The Balaban J connectivity index is 1.21. The second-order valence-corrected chi connectivity index (χ2v) is 12.7. The molecule has 0 bridgehead atoms. The molecule has 2 amide bonds. The Kier molecular flexibility index (Phi) is 6.30. The fraction of sp³-hybridized carbons (Fsp3) is 0.714. The molecule has 1 N–H and O–H groups in total. The molecule has 3 aliphatic carbocycles. The highest BCUT2D eigenvalue weighted by molar-refractivity contribution is 7.99. The van der Waals surface area contributed by atoms with Crippen LogP contribution >= 0.6 is 11.8 Å². The van der Waals surface area contributed by atoms with Crippen molar-refractivity contribution in [3.05, 3.63) is 35.9 Å². The molecule has 3 saturated carbocycles. The van der Waals surface area contributed by atoms with Crippen molar-refractivity contribution in [3.63, 3.8) is 0 Å². The van der Waals surface area contributed by atoms with Crippen molar-refractivity contribution in [2.75, 3.05) is 12.8 Å². The summed E-state index contributed by atoms with van der Waals surface area (Å²) in [5, 5.41) is 3.47. The van der Waals surface area contributed by atoms with Gasteiger partial charge in [-0.05, 0) is 79.1 Å². The number of benzene rings is 1. The number of likely N-dealkylation sites (tertiary alicyclic amines) is 1. The molecule has 2 unspecified atom stereocenters. The lowest BCUT2D eigenvalue weighted by Crippen LogP contribution is -2.62. The molecule has 180 valence electrons. The summed E-state index contributed by atoms with van der Waals surface area (Å²) in [6.45, 7) is 4.95. The van der Waals surface area contributed by atoms with E-state index in [1.54, 1.807) is 11.8 Å². The van der Waals surface area contributed by atoms with Gasteiger partial charge in [0.15, 0.2) is 0 Å². The second kappa shape index (κ2) is 8.94. The van der Waals surface area contributed by atoms with Crippen LogP contribution in [0.1, 0.15) is 70.8 Å². The van der Waals surface area contributed by atoms with Gasteiger partial charge in [-0.3, -0.25) is 9.59 Å². The summed E-state index contributed by atoms with van der Waals surface area (Å²) in [5.41, 5.74) is 1.77. The first-order chi connectivity index (χ1) is 15.8. The molecular weight excluding hydrogens is 428 g/mol. The fourth-order valence-corrected chi connectivity index (χ4v) is 9.26. The lowest BCUT2D eigenvalue weighted by molar-refractivity contribution is -0.157. The van der Waals surface area contributed by atoms with E-state index in [1.807, 2.05) is 13.1 Å². The Morgan fingerprint density at radius 1 is 1.03 bits per heavy atom. The van der Waals surface area contributed by atoms with E-state index < -0.39 is 0 Å². The summed E-state index contributed by atoms with van der Waals surface area (Å²) in [7, 11) is 2.04. The molecule has 1 aromatic rings. The van der Waals surface area contributed by atoms with Crippen LogP contribution in [0.3, 0.4) is 0 Å². The monoisotopic (exact) mass is 468 g/mol. The summed E-state index contributed by atoms with van der Waals surface area (Å²) in [6.07, 6.45) is 9.00. The van der Waals surface area contributed by atoms with Gasteiger partial charge in [-0.2, -0.15) is 0 Å². The van der Waals surface area contributed by atoms with Gasteiger partial charge in [0, 0.05) is 31.3 Å². The van der Waals surface area contributed by atoms with Crippen molar-refractivity contribution in [2.45, 2.75) is 83.1 Å². The number of nitrogens with zero attached hydrogens (tertiary/aromatic N) is 1. The summed E-state index contributed by atoms with van der Waals surface area (Å²) in [5.74, 6) is 4.15. The topological polar surface area (TPSA) is 49.4 Å². The highest BCUT2D eigenvalue weighted by atomic mass is 32.2. The molecule has 7 atom stereocenters. The number of nitrogens with one attached hydrogen (secondary N) is 1. The average Bonchev–Trinajstić information content (AvgIpc) is 3.13. The molecule has 0 radical (unpaired) electrons. The van der Waals surface area contributed by atoms with Gasteiger partial charge in [0.05, 0.1) is 5.75 Å². The van der Waals surface area contributed by atoms with Gasteiger partial charge in [-0.1, -0.05) is 44.2 Å².